The van der Waals surface area contributed by atoms with Crippen LogP contribution in [0.1, 0.15) is 162 Å². The second-order valence-electron chi connectivity index (χ2n) is 15.4. The number of phosphoric acid groups is 1. The predicted octanol–water partition coefficient (Wildman–Crippen LogP) is 12.4. The number of phosphoric ester groups is 1. The van der Waals surface area contributed by atoms with E-state index in [0.717, 1.165) is 70.6 Å². The molecular weight excluding hydrogens is 709 g/mol. The average Bonchev–Trinajstić information content (AvgIpc) is 3.13. The molecule has 0 amide bonds. The highest BCUT2D eigenvalue weighted by Crippen LogP contribution is 2.38. The first-order valence-electron chi connectivity index (χ1n) is 21.7. The molecule has 9 heteroatoms. The highest BCUT2D eigenvalue weighted by Gasteiger charge is 2.20. The van der Waals surface area contributed by atoms with Crippen LogP contribution >= 0.6 is 7.82 Å². The van der Waals surface area contributed by atoms with Gasteiger partial charge in [-0.2, -0.15) is 0 Å². The van der Waals surface area contributed by atoms with E-state index in [1.54, 1.807) is 6.26 Å². The van der Waals surface area contributed by atoms with Gasteiger partial charge in [0.05, 0.1) is 34.0 Å². The van der Waals surface area contributed by atoms with Crippen LogP contribution in [0.4, 0.5) is 0 Å². The highest BCUT2D eigenvalue weighted by molar-refractivity contribution is 7.45. The lowest BCUT2D eigenvalue weighted by Gasteiger charge is -2.28. The van der Waals surface area contributed by atoms with Crippen LogP contribution in [0.2, 0.25) is 0 Å². The van der Waals surface area contributed by atoms with E-state index in [-0.39, 0.29) is 32.2 Å². The monoisotopic (exact) mass is 792 g/mol. The molecule has 318 valence electrons. The summed E-state index contributed by atoms with van der Waals surface area (Å²) in [5, 5.41) is 0. The van der Waals surface area contributed by atoms with Gasteiger partial charge in [-0.1, -0.05) is 132 Å². The van der Waals surface area contributed by atoms with Gasteiger partial charge in [0.25, 0.3) is 7.82 Å². The van der Waals surface area contributed by atoms with Gasteiger partial charge in [0.15, 0.2) is 6.10 Å². The first kappa shape index (κ1) is 52.8. The van der Waals surface area contributed by atoms with Crippen LogP contribution in [0.5, 0.6) is 0 Å². The molecule has 0 aromatic carbocycles. The van der Waals surface area contributed by atoms with E-state index >= 15 is 0 Å². The van der Waals surface area contributed by atoms with E-state index in [4.69, 9.17) is 18.5 Å². The Morgan fingerprint density at radius 2 is 1.07 bits per heavy atom. The maximum atomic E-state index is 12.7. The molecule has 0 rings (SSSR count). The summed E-state index contributed by atoms with van der Waals surface area (Å²) < 4.78 is 34.3. The first-order valence-corrected chi connectivity index (χ1v) is 23.2. The summed E-state index contributed by atoms with van der Waals surface area (Å²) in [5.74, 6) is -0.385. The van der Waals surface area contributed by atoms with E-state index in [1.165, 1.54) is 64.2 Å². The molecule has 0 N–H and O–H groups in total. The van der Waals surface area contributed by atoms with Gasteiger partial charge in [-0.15, -0.1) is 0 Å². The van der Waals surface area contributed by atoms with Crippen molar-refractivity contribution in [2.45, 2.75) is 168 Å². The van der Waals surface area contributed by atoms with Gasteiger partial charge in [0, 0.05) is 6.42 Å². The standard InChI is InChI=1S/C46H82NO7P/c1-6-8-10-12-14-16-18-20-22-24-25-27-29-31-33-35-37-39-46(48)54-45(44-53-55(49,50)52-42-40-47(3,4)5)43-51-41-38-36-34-32-30-28-26-23-21-19-17-15-13-11-9-7-2/h8,10,14,16,20-23,25,27,38,41,45H,6-7,9,11-13,15,17-19,24,26,28-37,39-40,42-44H2,1-5H3/b10-8-,16-14-,22-20-,23-21-,27-25-,41-38-/t45-/m1/s1. The van der Waals surface area contributed by atoms with Gasteiger partial charge in [0.1, 0.15) is 19.8 Å². The van der Waals surface area contributed by atoms with Crippen LogP contribution in [-0.2, 0) is 27.9 Å². The van der Waals surface area contributed by atoms with Crippen molar-refractivity contribution in [1.29, 1.82) is 0 Å². The summed E-state index contributed by atoms with van der Waals surface area (Å²) in [7, 11) is 1.29. The number of ether oxygens (including phenoxy) is 2. The normalized spacial score (nSPS) is 14.4. The molecule has 0 aromatic heterocycles. The Morgan fingerprint density at radius 3 is 1.62 bits per heavy atom. The fourth-order valence-electron chi connectivity index (χ4n) is 5.44. The average molecular weight is 792 g/mol. The van der Waals surface area contributed by atoms with Crippen molar-refractivity contribution in [3.8, 4) is 0 Å². The van der Waals surface area contributed by atoms with Crippen LogP contribution in [0.15, 0.2) is 73.1 Å². The largest absolute Gasteiger partial charge is 0.756 e. The molecule has 0 aliphatic heterocycles. The van der Waals surface area contributed by atoms with E-state index in [9.17, 15) is 14.3 Å². The number of carbonyl (C=O) groups excluding carboxylic acids is 1. The molecule has 0 fully saturated rings. The Kier molecular flexibility index (Phi) is 37.1. The second kappa shape index (κ2) is 38.6. The fraction of sp³-hybridized carbons (Fsp3) is 0.717. The van der Waals surface area contributed by atoms with Crippen LogP contribution in [0.25, 0.3) is 0 Å². The molecule has 0 aromatic rings. The maximum absolute atomic E-state index is 12.7. The summed E-state index contributed by atoms with van der Waals surface area (Å²) in [6.45, 7) is 4.56. The molecule has 8 nitrogen and oxygen atoms in total. The Bertz CT molecular complexity index is 1110. The van der Waals surface area contributed by atoms with Crippen molar-refractivity contribution >= 4 is 13.8 Å². The van der Waals surface area contributed by atoms with Crippen molar-refractivity contribution in [2.75, 3.05) is 47.5 Å². The summed E-state index contributed by atoms with van der Waals surface area (Å²) in [4.78, 5) is 25.0. The number of hydrogen-bond acceptors (Lipinski definition) is 7. The number of esters is 1. The zero-order valence-corrected chi connectivity index (χ0v) is 36.7. The molecule has 0 aliphatic rings. The Labute approximate surface area is 338 Å². The van der Waals surface area contributed by atoms with Gasteiger partial charge < -0.3 is 27.9 Å². The summed E-state index contributed by atoms with van der Waals surface area (Å²) >= 11 is 0. The molecule has 55 heavy (non-hydrogen) atoms. The van der Waals surface area contributed by atoms with Crippen molar-refractivity contribution in [2.24, 2.45) is 0 Å². The second-order valence-corrected chi connectivity index (χ2v) is 16.8. The molecule has 0 aliphatic carbocycles. The van der Waals surface area contributed by atoms with Crippen LogP contribution < -0.4 is 4.89 Å². The number of carbonyl (C=O) groups is 1. The topological polar surface area (TPSA) is 94.1 Å². The number of quaternary nitrogens is 1. The van der Waals surface area contributed by atoms with Gasteiger partial charge >= 0.3 is 5.97 Å². The van der Waals surface area contributed by atoms with Crippen molar-refractivity contribution in [3.05, 3.63) is 73.1 Å². The molecular formula is C46H82NO7P. The molecule has 0 spiro atoms. The highest BCUT2D eigenvalue weighted by atomic mass is 31.2. The number of nitrogens with zero attached hydrogens (tertiary/aromatic N) is 1. The Balaban J connectivity index is 4.38. The molecule has 2 atom stereocenters. The minimum absolute atomic E-state index is 0.00105. The quantitative estimate of drug-likeness (QED) is 0.0153. The fourth-order valence-corrected chi connectivity index (χ4v) is 6.17. The Morgan fingerprint density at radius 1 is 0.600 bits per heavy atom. The van der Waals surface area contributed by atoms with Crippen LogP contribution in [0, 0.1) is 0 Å². The predicted molar refractivity (Wildman–Crippen MR) is 231 cm³/mol. The lowest BCUT2D eigenvalue weighted by Crippen LogP contribution is -2.37. The first-order chi connectivity index (χ1) is 26.6. The number of unbranched alkanes of at least 4 members (excludes halogenated alkanes) is 15. The third kappa shape index (κ3) is 42.8. The van der Waals surface area contributed by atoms with Crippen molar-refractivity contribution in [3.63, 3.8) is 0 Å². The van der Waals surface area contributed by atoms with Crippen molar-refractivity contribution < 1.29 is 37.3 Å². The smallest absolute Gasteiger partial charge is 0.306 e. The third-order valence-corrected chi connectivity index (χ3v) is 9.77. The lowest BCUT2D eigenvalue weighted by atomic mass is 10.1. The summed E-state index contributed by atoms with van der Waals surface area (Å²) in [6.07, 6.45) is 50.0. The zero-order valence-electron chi connectivity index (χ0n) is 35.8. The molecule has 0 bridgehead atoms. The van der Waals surface area contributed by atoms with Crippen LogP contribution in [-0.4, -0.2) is 64.1 Å². The van der Waals surface area contributed by atoms with Crippen molar-refractivity contribution in [1.82, 2.24) is 0 Å². The molecule has 0 heterocycles. The van der Waals surface area contributed by atoms with Gasteiger partial charge in [0.2, 0.25) is 0 Å². The Hall–Kier alpha value is -2.22. The van der Waals surface area contributed by atoms with E-state index in [1.807, 2.05) is 27.2 Å². The van der Waals surface area contributed by atoms with E-state index in [2.05, 4.69) is 74.6 Å². The lowest BCUT2D eigenvalue weighted by molar-refractivity contribution is -0.870. The molecule has 0 saturated carbocycles. The maximum Gasteiger partial charge on any atom is 0.306 e. The SMILES string of the molecule is CC/C=C\C/C=C\C/C=C\C/C=C\CCCCCCC(=O)O[C@H](CO/C=C\CCCCCC/C=C\CCCCCCCC)COP(=O)([O-])OCC[N+](C)(C)C. The van der Waals surface area contributed by atoms with Gasteiger partial charge in [-0.25, -0.2) is 0 Å². The van der Waals surface area contributed by atoms with E-state index < -0.39 is 13.9 Å². The molecule has 1 unspecified atom stereocenters. The summed E-state index contributed by atoms with van der Waals surface area (Å²) in [5.41, 5.74) is 0. The van der Waals surface area contributed by atoms with Gasteiger partial charge in [-0.3, -0.25) is 9.36 Å². The third-order valence-electron chi connectivity index (χ3n) is 8.81. The number of allylic oxidation sites excluding steroid dienone is 11. The minimum atomic E-state index is -4.55. The minimum Gasteiger partial charge on any atom is -0.756 e. The molecule has 0 radical (unpaired) electrons. The number of rotatable bonds is 39. The summed E-state index contributed by atoms with van der Waals surface area (Å²) in [6, 6.07) is 0. The van der Waals surface area contributed by atoms with Gasteiger partial charge in [-0.05, 0) is 89.5 Å². The van der Waals surface area contributed by atoms with E-state index in [0.29, 0.717) is 17.4 Å². The zero-order chi connectivity index (χ0) is 40.6. The van der Waals surface area contributed by atoms with Crippen LogP contribution in [0.3, 0.4) is 0 Å². The molecule has 0 saturated heterocycles. The number of likely N-dealkylation sites (N-methyl/N-ethyl adjacent to an activating group) is 1. The number of hydrogen-bond donors (Lipinski definition) is 0.